The summed E-state index contributed by atoms with van der Waals surface area (Å²) in [5.41, 5.74) is 1.20. The fourth-order valence-corrected chi connectivity index (χ4v) is 2.39. The Labute approximate surface area is 138 Å². The van der Waals surface area contributed by atoms with Crippen LogP contribution in [0.3, 0.4) is 0 Å². The van der Waals surface area contributed by atoms with Crippen LogP contribution in [0.5, 0.6) is 0 Å². The van der Waals surface area contributed by atoms with Gasteiger partial charge in [-0.25, -0.2) is 9.37 Å². The molecule has 24 heavy (non-hydrogen) atoms. The Morgan fingerprint density at radius 1 is 1.29 bits per heavy atom. The van der Waals surface area contributed by atoms with E-state index in [-0.39, 0.29) is 17.4 Å². The van der Waals surface area contributed by atoms with Crippen molar-refractivity contribution >= 4 is 5.91 Å². The Hall–Kier alpha value is -2.96. The van der Waals surface area contributed by atoms with Gasteiger partial charge in [-0.15, -0.1) is 0 Å². The minimum Gasteiger partial charge on any atom is -0.344 e. The van der Waals surface area contributed by atoms with Gasteiger partial charge in [-0.05, 0) is 39.0 Å². The molecule has 0 saturated heterocycles. The van der Waals surface area contributed by atoms with Crippen LogP contribution in [0, 0.1) is 12.7 Å². The van der Waals surface area contributed by atoms with Gasteiger partial charge in [0.25, 0.3) is 5.91 Å². The summed E-state index contributed by atoms with van der Waals surface area (Å²) in [5, 5.41) is 9.56. The van der Waals surface area contributed by atoms with Crippen LogP contribution in [0.25, 0.3) is 11.3 Å². The van der Waals surface area contributed by atoms with Crippen LogP contribution >= 0.6 is 0 Å². The van der Waals surface area contributed by atoms with E-state index < -0.39 is 5.54 Å². The molecule has 7 heteroatoms. The zero-order valence-electron chi connectivity index (χ0n) is 13.6. The van der Waals surface area contributed by atoms with E-state index in [2.05, 4.69) is 25.5 Å². The van der Waals surface area contributed by atoms with Crippen LogP contribution in [0.1, 0.15) is 35.9 Å². The van der Waals surface area contributed by atoms with Gasteiger partial charge in [0.1, 0.15) is 17.3 Å². The van der Waals surface area contributed by atoms with Gasteiger partial charge >= 0.3 is 0 Å². The Kier molecular flexibility index (Phi) is 3.92. The smallest absolute Gasteiger partial charge is 0.270 e. The van der Waals surface area contributed by atoms with Crippen molar-refractivity contribution in [1.29, 1.82) is 0 Å². The van der Waals surface area contributed by atoms with Crippen LogP contribution in [-0.2, 0) is 5.54 Å². The number of aromatic nitrogens is 4. The lowest BCUT2D eigenvalue weighted by molar-refractivity contribution is 0.0903. The van der Waals surface area contributed by atoms with Crippen LogP contribution in [0.4, 0.5) is 4.39 Å². The molecule has 0 atom stereocenters. The minimum absolute atomic E-state index is 0.254. The molecule has 0 aliphatic carbocycles. The quantitative estimate of drug-likeness (QED) is 0.688. The third-order valence-electron chi connectivity index (χ3n) is 3.69. The summed E-state index contributed by atoms with van der Waals surface area (Å²) in [7, 11) is 0. The van der Waals surface area contributed by atoms with Gasteiger partial charge in [0.15, 0.2) is 0 Å². The highest BCUT2D eigenvalue weighted by molar-refractivity contribution is 5.93. The average Bonchev–Trinajstić information content (AvgIpc) is 3.16. The fraction of sp³-hybridized carbons (Fsp3) is 0.235. The number of hydrogen-bond acceptors (Lipinski definition) is 3. The molecule has 0 saturated carbocycles. The number of aromatic amines is 2. The molecular formula is C17H18FN5O. The molecule has 2 aromatic heterocycles. The van der Waals surface area contributed by atoms with Crippen molar-refractivity contribution < 1.29 is 9.18 Å². The number of rotatable bonds is 4. The van der Waals surface area contributed by atoms with Gasteiger partial charge in [-0.2, -0.15) is 5.10 Å². The monoisotopic (exact) mass is 327 g/mol. The summed E-state index contributed by atoms with van der Waals surface area (Å²) in [4.78, 5) is 19.8. The van der Waals surface area contributed by atoms with Crippen molar-refractivity contribution in [3.63, 3.8) is 0 Å². The van der Waals surface area contributed by atoms with Gasteiger partial charge < -0.3 is 10.3 Å². The Morgan fingerprint density at radius 3 is 2.71 bits per heavy atom. The molecule has 1 amide bonds. The van der Waals surface area contributed by atoms with Crippen LogP contribution in [0.15, 0.2) is 36.5 Å². The largest absolute Gasteiger partial charge is 0.344 e. The standard InChI is InChI=1S/C17H18FN5O/c1-10-9-19-16(20-10)17(2,3)21-15(24)14-8-13(22-23-14)11-6-4-5-7-12(11)18/h4-9H,1-3H3,(H,19,20)(H,21,24)(H,22,23). The van der Waals surface area contributed by atoms with Crippen molar-refractivity contribution in [3.8, 4) is 11.3 Å². The number of benzene rings is 1. The van der Waals surface area contributed by atoms with Gasteiger partial charge in [0, 0.05) is 17.5 Å². The first kappa shape index (κ1) is 15.9. The maximum atomic E-state index is 13.8. The highest BCUT2D eigenvalue weighted by Gasteiger charge is 2.27. The molecule has 0 bridgehead atoms. The summed E-state index contributed by atoms with van der Waals surface area (Å²) in [5.74, 6) is -0.0753. The summed E-state index contributed by atoms with van der Waals surface area (Å²) in [6, 6.07) is 7.81. The topological polar surface area (TPSA) is 86.5 Å². The predicted octanol–water partition coefficient (Wildman–Crippen LogP) is 2.91. The number of H-pyrrole nitrogens is 2. The second kappa shape index (κ2) is 5.92. The third kappa shape index (κ3) is 3.05. The normalized spacial score (nSPS) is 11.5. The number of imidazole rings is 1. The lowest BCUT2D eigenvalue weighted by atomic mass is 10.0. The summed E-state index contributed by atoms with van der Waals surface area (Å²) >= 11 is 0. The number of hydrogen-bond donors (Lipinski definition) is 3. The van der Waals surface area contributed by atoms with E-state index >= 15 is 0 Å². The van der Waals surface area contributed by atoms with E-state index in [0.29, 0.717) is 17.1 Å². The molecule has 2 heterocycles. The van der Waals surface area contributed by atoms with E-state index in [1.165, 1.54) is 12.1 Å². The maximum absolute atomic E-state index is 13.8. The Morgan fingerprint density at radius 2 is 2.04 bits per heavy atom. The van der Waals surface area contributed by atoms with Crippen molar-refractivity contribution in [2.24, 2.45) is 0 Å². The highest BCUT2D eigenvalue weighted by Crippen LogP contribution is 2.22. The third-order valence-corrected chi connectivity index (χ3v) is 3.69. The molecule has 6 nitrogen and oxygen atoms in total. The minimum atomic E-state index is -0.686. The number of nitrogens with one attached hydrogen (secondary N) is 3. The molecule has 1 aromatic carbocycles. The van der Waals surface area contributed by atoms with Crippen molar-refractivity contribution in [3.05, 3.63) is 59.6 Å². The van der Waals surface area contributed by atoms with Crippen molar-refractivity contribution in [2.45, 2.75) is 26.3 Å². The molecular weight excluding hydrogens is 309 g/mol. The number of halogens is 1. The molecule has 0 radical (unpaired) electrons. The molecule has 0 spiro atoms. The van der Waals surface area contributed by atoms with Crippen LogP contribution in [0.2, 0.25) is 0 Å². The summed E-state index contributed by atoms with van der Waals surface area (Å²) in [6.07, 6.45) is 1.70. The fourth-order valence-electron chi connectivity index (χ4n) is 2.39. The van der Waals surface area contributed by atoms with E-state index in [4.69, 9.17) is 0 Å². The second-order valence-electron chi connectivity index (χ2n) is 6.14. The van der Waals surface area contributed by atoms with Gasteiger partial charge in [-0.3, -0.25) is 9.89 Å². The molecule has 0 aliphatic rings. The van der Waals surface area contributed by atoms with E-state index in [1.54, 1.807) is 24.4 Å². The molecule has 124 valence electrons. The lowest BCUT2D eigenvalue weighted by Gasteiger charge is -2.23. The maximum Gasteiger partial charge on any atom is 0.270 e. The van der Waals surface area contributed by atoms with Crippen molar-refractivity contribution in [2.75, 3.05) is 0 Å². The van der Waals surface area contributed by atoms with Crippen LogP contribution < -0.4 is 5.32 Å². The number of aryl methyl sites for hydroxylation is 1. The first-order chi connectivity index (χ1) is 11.4. The molecule has 3 aromatic rings. The number of amides is 1. The molecule has 0 aliphatic heterocycles. The van der Waals surface area contributed by atoms with Gasteiger partial charge in [0.2, 0.25) is 0 Å². The number of nitrogens with zero attached hydrogens (tertiary/aromatic N) is 2. The number of carbonyl (C=O) groups is 1. The van der Waals surface area contributed by atoms with E-state index in [9.17, 15) is 9.18 Å². The van der Waals surface area contributed by atoms with Crippen LogP contribution in [-0.4, -0.2) is 26.1 Å². The predicted molar refractivity (Wildman–Crippen MR) is 87.8 cm³/mol. The van der Waals surface area contributed by atoms with Gasteiger partial charge in [-0.1, -0.05) is 12.1 Å². The first-order valence-electron chi connectivity index (χ1n) is 7.52. The molecule has 0 unspecified atom stereocenters. The Balaban J connectivity index is 1.80. The van der Waals surface area contributed by atoms with Crippen molar-refractivity contribution in [1.82, 2.24) is 25.5 Å². The van der Waals surface area contributed by atoms with E-state index in [0.717, 1.165) is 5.69 Å². The SMILES string of the molecule is Cc1cnc(C(C)(C)NC(=O)c2cc(-c3ccccc3F)n[nH]2)[nH]1. The molecule has 3 N–H and O–H groups in total. The molecule has 0 fully saturated rings. The van der Waals surface area contributed by atoms with E-state index in [1.807, 2.05) is 20.8 Å². The lowest BCUT2D eigenvalue weighted by Crippen LogP contribution is -2.42. The zero-order valence-corrected chi connectivity index (χ0v) is 13.6. The first-order valence-corrected chi connectivity index (χ1v) is 7.52. The zero-order chi connectivity index (χ0) is 17.3. The number of carbonyl (C=O) groups excluding carboxylic acids is 1. The Bertz CT molecular complexity index is 881. The molecule has 3 rings (SSSR count). The summed E-state index contributed by atoms with van der Waals surface area (Å²) < 4.78 is 13.8. The highest BCUT2D eigenvalue weighted by atomic mass is 19.1. The summed E-state index contributed by atoms with van der Waals surface area (Å²) in [6.45, 7) is 5.58. The van der Waals surface area contributed by atoms with Gasteiger partial charge in [0.05, 0.1) is 11.2 Å². The average molecular weight is 327 g/mol. The second-order valence-corrected chi connectivity index (χ2v) is 6.14.